The average molecular weight is 528 g/mol. The molecule has 1 atom stereocenters. The highest BCUT2D eigenvalue weighted by atomic mass is 35.5. The molecule has 0 aliphatic carbocycles. The van der Waals surface area contributed by atoms with Crippen molar-refractivity contribution in [2.24, 2.45) is 0 Å². The second kappa shape index (κ2) is 11.9. The van der Waals surface area contributed by atoms with Gasteiger partial charge >= 0.3 is 0 Å². The molecule has 1 N–H and O–H groups in total. The van der Waals surface area contributed by atoms with E-state index in [0.717, 1.165) is 25.2 Å². The third-order valence-electron chi connectivity index (χ3n) is 6.17. The van der Waals surface area contributed by atoms with Crippen molar-refractivity contribution in [2.75, 3.05) is 32.8 Å². The Labute approximate surface area is 217 Å². The van der Waals surface area contributed by atoms with E-state index in [2.05, 4.69) is 21.8 Å². The Morgan fingerprint density at radius 1 is 0.972 bits per heavy atom. The van der Waals surface area contributed by atoms with Gasteiger partial charge in [-0.15, -0.1) is 0 Å². The van der Waals surface area contributed by atoms with E-state index in [-0.39, 0.29) is 28.2 Å². The highest BCUT2D eigenvalue weighted by molar-refractivity contribution is 7.89. The lowest BCUT2D eigenvalue weighted by atomic mass is 10.1. The van der Waals surface area contributed by atoms with Gasteiger partial charge in [-0.05, 0) is 36.2 Å². The Hall–Kier alpha value is -2.91. The number of carbonyl (C=O) groups is 1. The number of nitrogens with zero attached hydrogens (tertiary/aromatic N) is 2. The van der Waals surface area contributed by atoms with Crippen LogP contribution in [-0.2, 0) is 21.4 Å². The number of benzene rings is 3. The highest BCUT2D eigenvalue weighted by Crippen LogP contribution is 2.28. The lowest BCUT2D eigenvalue weighted by molar-refractivity contribution is -0.135. The standard InChI is InChI=1S/C27H30ClN3O4S/c1-21(23-10-6-3-7-11-23)29-36(33,34)24-12-13-26(25(28)18-24)35-20-27(32)31-16-14-30(15-17-31)19-22-8-4-2-5-9-22/h2-13,18,21,29H,14-17,19-20H2,1H3/t21-/m1/s1. The number of halogens is 1. The zero-order valence-corrected chi connectivity index (χ0v) is 21.7. The number of nitrogens with one attached hydrogen (secondary N) is 1. The molecule has 0 spiro atoms. The molecule has 1 heterocycles. The molecule has 0 unspecified atom stereocenters. The minimum Gasteiger partial charge on any atom is -0.482 e. The number of rotatable bonds is 9. The molecule has 1 fully saturated rings. The van der Waals surface area contributed by atoms with E-state index in [9.17, 15) is 13.2 Å². The summed E-state index contributed by atoms with van der Waals surface area (Å²) in [7, 11) is -3.79. The molecular weight excluding hydrogens is 498 g/mol. The normalized spacial score (nSPS) is 15.4. The van der Waals surface area contributed by atoms with Crippen LogP contribution < -0.4 is 9.46 Å². The van der Waals surface area contributed by atoms with Gasteiger partial charge in [0.2, 0.25) is 10.0 Å². The first kappa shape index (κ1) is 26.2. The van der Waals surface area contributed by atoms with E-state index in [0.29, 0.717) is 13.1 Å². The van der Waals surface area contributed by atoms with Crippen molar-refractivity contribution < 1.29 is 17.9 Å². The van der Waals surface area contributed by atoms with Gasteiger partial charge in [0.05, 0.1) is 9.92 Å². The topological polar surface area (TPSA) is 78.9 Å². The van der Waals surface area contributed by atoms with Crippen LogP contribution in [0, 0.1) is 0 Å². The zero-order valence-electron chi connectivity index (χ0n) is 20.1. The van der Waals surface area contributed by atoms with Gasteiger partial charge in [-0.2, -0.15) is 0 Å². The van der Waals surface area contributed by atoms with Gasteiger partial charge in [0.15, 0.2) is 6.61 Å². The van der Waals surface area contributed by atoms with Crippen LogP contribution in [0.3, 0.4) is 0 Å². The molecule has 36 heavy (non-hydrogen) atoms. The molecule has 0 radical (unpaired) electrons. The minimum atomic E-state index is -3.79. The summed E-state index contributed by atoms with van der Waals surface area (Å²) in [5.41, 5.74) is 2.11. The maximum Gasteiger partial charge on any atom is 0.260 e. The van der Waals surface area contributed by atoms with Gasteiger partial charge in [-0.3, -0.25) is 9.69 Å². The van der Waals surface area contributed by atoms with Crippen LogP contribution in [0.1, 0.15) is 24.1 Å². The molecule has 4 rings (SSSR count). The predicted molar refractivity (Wildman–Crippen MR) is 140 cm³/mol. The predicted octanol–water partition coefficient (Wildman–Crippen LogP) is 4.10. The smallest absolute Gasteiger partial charge is 0.260 e. The van der Waals surface area contributed by atoms with E-state index >= 15 is 0 Å². The molecule has 0 saturated carbocycles. The van der Waals surface area contributed by atoms with Crippen LogP contribution in [0.4, 0.5) is 0 Å². The van der Waals surface area contributed by atoms with Crippen molar-refractivity contribution in [3.63, 3.8) is 0 Å². The number of hydrogen-bond acceptors (Lipinski definition) is 5. The van der Waals surface area contributed by atoms with Crippen molar-refractivity contribution in [3.8, 4) is 5.75 Å². The average Bonchev–Trinajstić information content (AvgIpc) is 2.89. The summed E-state index contributed by atoms with van der Waals surface area (Å²) in [5, 5.41) is 0.130. The largest absolute Gasteiger partial charge is 0.482 e. The molecule has 7 nitrogen and oxygen atoms in total. The van der Waals surface area contributed by atoms with E-state index in [4.69, 9.17) is 16.3 Å². The molecule has 1 amide bonds. The third-order valence-corrected chi connectivity index (χ3v) is 8.00. The Balaban J connectivity index is 1.28. The Kier molecular flexibility index (Phi) is 8.64. The number of ether oxygens (including phenoxy) is 1. The van der Waals surface area contributed by atoms with Crippen LogP contribution >= 0.6 is 11.6 Å². The van der Waals surface area contributed by atoms with Crippen molar-refractivity contribution in [3.05, 3.63) is 95.0 Å². The molecule has 1 saturated heterocycles. The summed E-state index contributed by atoms with van der Waals surface area (Å²) < 4.78 is 33.9. The SMILES string of the molecule is C[C@@H](NS(=O)(=O)c1ccc(OCC(=O)N2CCN(Cc3ccccc3)CC2)c(Cl)c1)c1ccccc1. The van der Waals surface area contributed by atoms with Gasteiger partial charge < -0.3 is 9.64 Å². The van der Waals surface area contributed by atoms with Gasteiger partial charge in [0.1, 0.15) is 5.75 Å². The summed E-state index contributed by atoms with van der Waals surface area (Å²) in [6.45, 7) is 5.33. The fourth-order valence-electron chi connectivity index (χ4n) is 4.10. The fraction of sp³-hybridized carbons (Fsp3) is 0.296. The molecular formula is C27H30ClN3O4S. The van der Waals surface area contributed by atoms with Crippen molar-refractivity contribution >= 4 is 27.5 Å². The summed E-state index contributed by atoms with van der Waals surface area (Å²) in [4.78, 5) is 16.8. The summed E-state index contributed by atoms with van der Waals surface area (Å²) in [6, 6.07) is 23.4. The number of piperazine rings is 1. The maximum absolute atomic E-state index is 12.8. The van der Waals surface area contributed by atoms with Crippen LogP contribution in [0.2, 0.25) is 5.02 Å². The first-order valence-electron chi connectivity index (χ1n) is 11.9. The Bertz CT molecular complexity index is 1260. The van der Waals surface area contributed by atoms with Gasteiger partial charge in [-0.25, -0.2) is 13.1 Å². The van der Waals surface area contributed by atoms with Crippen molar-refractivity contribution in [2.45, 2.75) is 24.4 Å². The number of hydrogen-bond donors (Lipinski definition) is 1. The molecule has 3 aromatic carbocycles. The molecule has 1 aliphatic heterocycles. The molecule has 0 aromatic heterocycles. The fourth-order valence-corrected chi connectivity index (χ4v) is 5.66. The number of sulfonamides is 1. The van der Waals surface area contributed by atoms with Crippen molar-refractivity contribution in [1.29, 1.82) is 0 Å². The van der Waals surface area contributed by atoms with E-state index in [1.807, 2.05) is 48.5 Å². The van der Waals surface area contributed by atoms with Crippen LogP contribution in [0.5, 0.6) is 5.75 Å². The summed E-state index contributed by atoms with van der Waals surface area (Å²) >= 11 is 6.31. The summed E-state index contributed by atoms with van der Waals surface area (Å²) in [6.07, 6.45) is 0. The zero-order chi connectivity index (χ0) is 25.5. The quantitative estimate of drug-likeness (QED) is 0.453. The minimum absolute atomic E-state index is 0.0310. The number of carbonyl (C=O) groups excluding carboxylic acids is 1. The maximum atomic E-state index is 12.8. The van der Waals surface area contributed by atoms with Crippen LogP contribution in [0.25, 0.3) is 0 Å². The second-order valence-electron chi connectivity index (χ2n) is 8.78. The highest BCUT2D eigenvalue weighted by Gasteiger charge is 2.23. The number of amides is 1. The lowest BCUT2D eigenvalue weighted by Gasteiger charge is -2.34. The van der Waals surface area contributed by atoms with E-state index in [1.54, 1.807) is 11.8 Å². The van der Waals surface area contributed by atoms with Gasteiger partial charge in [0.25, 0.3) is 5.91 Å². The molecule has 190 valence electrons. The van der Waals surface area contributed by atoms with Gasteiger partial charge in [-0.1, -0.05) is 72.3 Å². The molecule has 9 heteroatoms. The van der Waals surface area contributed by atoms with E-state index < -0.39 is 16.1 Å². The second-order valence-corrected chi connectivity index (χ2v) is 10.9. The van der Waals surface area contributed by atoms with Gasteiger partial charge in [0, 0.05) is 38.8 Å². The molecule has 3 aromatic rings. The first-order chi connectivity index (χ1) is 17.3. The monoisotopic (exact) mass is 527 g/mol. The van der Waals surface area contributed by atoms with Crippen molar-refractivity contribution in [1.82, 2.24) is 14.5 Å². The van der Waals surface area contributed by atoms with E-state index in [1.165, 1.54) is 23.8 Å². The Morgan fingerprint density at radius 3 is 2.25 bits per heavy atom. The summed E-state index contributed by atoms with van der Waals surface area (Å²) in [5.74, 6) is 0.142. The first-order valence-corrected chi connectivity index (χ1v) is 13.7. The molecule has 1 aliphatic rings. The van der Waals surface area contributed by atoms with Crippen LogP contribution in [0.15, 0.2) is 83.8 Å². The molecule has 0 bridgehead atoms. The Morgan fingerprint density at radius 2 is 1.61 bits per heavy atom. The lowest BCUT2D eigenvalue weighted by Crippen LogP contribution is -2.49. The van der Waals surface area contributed by atoms with Crippen LogP contribution in [-0.4, -0.2) is 56.9 Å². The third kappa shape index (κ3) is 6.85.